The van der Waals surface area contributed by atoms with E-state index in [-0.39, 0.29) is 0 Å². The predicted molar refractivity (Wildman–Crippen MR) is 95.1 cm³/mol. The molecule has 0 saturated heterocycles. The normalized spacial score (nSPS) is 12.2. The van der Waals surface area contributed by atoms with Gasteiger partial charge in [0.05, 0.1) is 0 Å². The lowest BCUT2D eigenvalue weighted by molar-refractivity contribution is 0.268. The first-order valence-electron chi connectivity index (χ1n) is 8.84. The van der Waals surface area contributed by atoms with Crippen molar-refractivity contribution in [3.8, 4) is 0 Å². The molecule has 0 aromatic heterocycles. The van der Waals surface area contributed by atoms with Crippen LogP contribution in [0.3, 0.4) is 0 Å². The van der Waals surface area contributed by atoms with Crippen molar-refractivity contribution >= 4 is 5.96 Å². The van der Waals surface area contributed by atoms with Crippen LogP contribution < -0.4 is 10.6 Å². The SMILES string of the molecule is CCCCCCN=C(NCC)NCCCCN(C)C(C)C. The molecule has 0 radical (unpaired) electrons. The summed E-state index contributed by atoms with van der Waals surface area (Å²) in [5, 5.41) is 6.75. The standard InChI is InChI=1S/C17H38N4/c1-6-8-9-10-13-19-17(18-7-2)20-14-11-12-15-21(5)16(3)4/h16H,6-15H2,1-5H3,(H2,18,19,20). The number of nitrogens with one attached hydrogen (secondary N) is 2. The van der Waals surface area contributed by atoms with Gasteiger partial charge in [-0.25, -0.2) is 0 Å². The molecule has 0 unspecified atom stereocenters. The Labute approximate surface area is 132 Å². The zero-order valence-corrected chi connectivity index (χ0v) is 15.0. The average molecular weight is 299 g/mol. The number of guanidine groups is 1. The zero-order chi connectivity index (χ0) is 15.9. The van der Waals surface area contributed by atoms with E-state index in [2.05, 4.69) is 55.3 Å². The molecule has 4 heteroatoms. The third-order valence-corrected chi connectivity index (χ3v) is 3.74. The smallest absolute Gasteiger partial charge is 0.191 e. The Morgan fingerprint density at radius 3 is 2.38 bits per heavy atom. The van der Waals surface area contributed by atoms with E-state index in [0.29, 0.717) is 6.04 Å². The summed E-state index contributed by atoms with van der Waals surface area (Å²) in [5.41, 5.74) is 0. The Hall–Kier alpha value is -0.770. The summed E-state index contributed by atoms with van der Waals surface area (Å²) < 4.78 is 0. The van der Waals surface area contributed by atoms with Crippen LogP contribution >= 0.6 is 0 Å². The summed E-state index contributed by atoms with van der Waals surface area (Å²) in [6, 6.07) is 0.639. The van der Waals surface area contributed by atoms with Crippen LogP contribution in [0.1, 0.15) is 66.2 Å². The van der Waals surface area contributed by atoms with Crippen LogP contribution in [0.4, 0.5) is 0 Å². The minimum Gasteiger partial charge on any atom is -0.357 e. The quantitative estimate of drug-likeness (QED) is 0.330. The van der Waals surface area contributed by atoms with Crippen LogP contribution in [-0.2, 0) is 0 Å². The van der Waals surface area contributed by atoms with Gasteiger partial charge in [0.1, 0.15) is 0 Å². The maximum atomic E-state index is 4.63. The van der Waals surface area contributed by atoms with Gasteiger partial charge in [-0.15, -0.1) is 0 Å². The Morgan fingerprint density at radius 2 is 1.76 bits per heavy atom. The topological polar surface area (TPSA) is 39.7 Å². The van der Waals surface area contributed by atoms with Crippen molar-refractivity contribution in [1.29, 1.82) is 0 Å². The Bertz CT molecular complexity index is 251. The molecule has 0 heterocycles. The molecule has 0 rings (SSSR count). The molecule has 126 valence electrons. The van der Waals surface area contributed by atoms with E-state index < -0.39 is 0 Å². The summed E-state index contributed by atoms with van der Waals surface area (Å²) in [6.45, 7) is 12.9. The predicted octanol–water partition coefficient (Wildman–Crippen LogP) is 3.24. The molecule has 0 amide bonds. The average Bonchev–Trinajstić information content (AvgIpc) is 2.46. The van der Waals surface area contributed by atoms with Crippen LogP contribution in [0.15, 0.2) is 4.99 Å². The largest absolute Gasteiger partial charge is 0.357 e. The molecule has 0 saturated carbocycles. The maximum Gasteiger partial charge on any atom is 0.191 e. The molecular formula is C17H38N4. The number of hydrogen-bond acceptors (Lipinski definition) is 2. The van der Waals surface area contributed by atoms with Crippen molar-refractivity contribution < 1.29 is 0 Å². The minimum atomic E-state index is 0.639. The lowest BCUT2D eigenvalue weighted by Crippen LogP contribution is -2.38. The number of aliphatic imine (C=N–C) groups is 1. The molecule has 0 spiro atoms. The first-order valence-corrected chi connectivity index (χ1v) is 8.84. The molecule has 0 fully saturated rings. The second-order valence-corrected chi connectivity index (χ2v) is 6.03. The number of nitrogens with zero attached hydrogens (tertiary/aromatic N) is 2. The maximum absolute atomic E-state index is 4.63. The summed E-state index contributed by atoms with van der Waals surface area (Å²) in [4.78, 5) is 7.03. The van der Waals surface area contributed by atoms with E-state index in [9.17, 15) is 0 Å². The minimum absolute atomic E-state index is 0.639. The van der Waals surface area contributed by atoms with Gasteiger partial charge in [0.2, 0.25) is 0 Å². The first kappa shape index (κ1) is 20.2. The lowest BCUT2D eigenvalue weighted by atomic mass is 10.2. The molecule has 21 heavy (non-hydrogen) atoms. The molecule has 0 aliphatic rings. The van der Waals surface area contributed by atoms with Gasteiger partial charge in [0, 0.05) is 25.7 Å². The van der Waals surface area contributed by atoms with Crippen molar-refractivity contribution in [3.05, 3.63) is 0 Å². The van der Waals surface area contributed by atoms with Crippen LogP contribution in [0.2, 0.25) is 0 Å². The highest BCUT2D eigenvalue weighted by molar-refractivity contribution is 5.79. The zero-order valence-electron chi connectivity index (χ0n) is 15.0. The van der Waals surface area contributed by atoms with Crippen molar-refractivity contribution in [2.24, 2.45) is 4.99 Å². The summed E-state index contributed by atoms with van der Waals surface area (Å²) in [6.07, 6.45) is 7.52. The second kappa shape index (κ2) is 14.2. The molecule has 0 aromatic rings. The first-order chi connectivity index (χ1) is 10.1. The molecule has 0 aliphatic carbocycles. The van der Waals surface area contributed by atoms with Crippen molar-refractivity contribution in [2.45, 2.75) is 72.3 Å². The van der Waals surface area contributed by atoms with Gasteiger partial charge in [-0.3, -0.25) is 4.99 Å². The molecule has 2 N–H and O–H groups in total. The van der Waals surface area contributed by atoms with E-state index >= 15 is 0 Å². The van der Waals surface area contributed by atoms with Gasteiger partial charge < -0.3 is 15.5 Å². The Balaban J connectivity index is 3.75. The van der Waals surface area contributed by atoms with Gasteiger partial charge in [-0.05, 0) is 53.6 Å². The van der Waals surface area contributed by atoms with Crippen LogP contribution in [0.25, 0.3) is 0 Å². The molecule has 0 aliphatic heterocycles. The van der Waals surface area contributed by atoms with Gasteiger partial charge >= 0.3 is 0 Å². The highest BCUT2D eigenvalue weighted by atomic mass is 15.2. The van der Waals surface area contributed by atoms with Gasteiger partial charge in [0.25, 0.3) is 0 Å². The Morgan fingerprint density at radius 1 is 1.00 bits per heavy atom. The number of hydrogen-bond donors (Lipinski definition) is 2. The molecular weight excluding hydrogens is 260 g/mol. The fourth-order valence-corrected chi connectivity index (χ4v) is 2.02. The van der Waals surface area contributed by atoms with Crippen molar-refractivity contribution in [3.63, 3.8) is 0 Å². The van der Waals surface area contributed by atoms with Gasteiger partial charge in [-0.2, -0.15) is 0 Å². The monoisotopic (exact) mass is 298 g/mol. The Kier molecular flexibility index (Phi) is 13.7. The third-order valence-electron chi connectivity index (χ3n) is 3.74. The van der Waals surface area contributed by atoms with E-state index in [4.69, 9.17) is 0 Å². The van der Waals surface area contributed by atoms with Crippen molar-refractivity contribution in [2.75, 3.05) is 33.2 Å². The molecule has 0 bridgehead atoms. The highest BCUT2D eigenvalue weighted by Gasteiger charge is 2.02. The fourth-order valence-electron chi connectivity index (χ4n) is 2.02. The lowest BCUT2D eigenvalue weighted by Gasteiger charge is -2.20. The van der Waals surface area contributed by atoms with Gasteiger partial charge in [-0.1, -0.05) is 26.2 Å². The van der Waals surface area contributed by atoms with E-state index in [1.807, 2.05) is 0 Å². The number of unbranched alkanes of at least 4 members (excludes halogenated alkanes) is 4. The van der Waals surface area contributed by atoms with Crippen LogP contribution in [-0.4, -0.2) is 50.1 Å². The summed E-state index contributed by atoms with van der Waals surface area (Å²) >= 11 is 0. The summed E-state index contributed by atoms with van der Waals surface area (Å²) in [5.74, 6) is 0.978. The van der Waals surface area contributed by atoms with E-state index in [1.54, 1.807) is 0 Å². The highest BCUT2D eigenvalue weighted by Crippen LogP contribution is 1.99. The number of rotatable bonds is 12. The van der Waals surface area contributed by atoms with Crippen LogP contribution in [0, 0.1) is 0 Å². The molecule has 0 aromatic carbocycles. The van der Waals surface area contributed by atoms with E-state index in [0.717, 1.165) is 25.6 Å². The fraction of sp³-hybridized carbons (Fsp3) is 0.941. The molecule has 4 nitrogen and oxygen atoms in total. The second-order valence-electron chi connectivity index (χ2n) is 6.03. The van der Waals surface area contributed by atoms with Crippen LogP contribution in [0.5, 0.6) is 0 Å². The van der Waals surface area contributed by atoms with Crippen molar-refractivity contribution in [1.82, 2.24) is 15.5 Å². The van der Waals surface area contributed by atoms with Gasteiger partial charge in [0.15, 0.2) is 5.96 Å². The molecule has 0 atom stereocenters. The van der Waals surface area contributed by atoms with E-state index in [1.165, 1.54) is 45.1 Å². The third kappa shape index (κ3) is 12.7. The summed E-state index contributed by atoms with van der Waals surface area (Å²) in [7, 11) is 2.19.